The van der Waals surface area contributed by atoms with E-state index in [2.05, 4.69) is 44.8 Å². The molecule has 238 valence electrons. The molecule has 0 amide bonds. The molecule has 1 saturated heterocycles. The normalized spacial score (nSPS) is 15.8. The van der Waals surface area contributed by atoms with Crippen molar-refractivity contribution < 1.29 is 44.0 Å². The van der Waals surface area contributed by atoms with E-state index in [1.165, 1.54) is 94.1 Å². The van der Waals surface area contributed by atoms with Crippen molar-refractivity contribution in [1.82, 2.24) is 14.4 Å². The minimum atomic E-state index is -1.82. The zero-order valence-electron chi connectivity index (χ0n) is 24.6. The van der Waals surface area contributed by atoms with Crippen LogP contribution in [0.3, 0.4) is 0 Å². The van der Waals surface area contributed by atoms with E-state index in [1.807, 2.05) is 12.1 Å². The summed E-state index contributed by atoms with van der Waals surface area (Å²) in [6, 6.07) is 16.3. The molecule has 12 heteroatoms. The Bertz CT molecular complexity index is 1350. The Balaban J connectivity index is 0.000000375. The van der Waals surface area contributed by atoms with E-state index in [9.17, 15) is 4.39 Å². The Morgan fingerprint density at radius 1 is 0.705 bits per heavy atom. The highest BCUT2D eigenvalue weighted by molar-refractivity contribution is 6.27. The van der Waals surface area contributed by atoms with Gasteiger partial charge in [-0.05, 0) is 56.0 Å². The second-order valence-corrected chi connectivity index (χ2v) is 10.9. The summed E-state index contributed by atoms with van der Waals surface area (Å²) < 4.78 is 15.8. The number of aromatic nitrogens is 1. The molecule has 11 nitrogen and oxygen atoms in total. The number of carboxylic acid groups (broad SMARTS) is 4. The van der Waals surface area contributed by atoms with Crippen molar-refractivity contribution in [3.8, 4) is 11.1 Å². The van der Waals surface area contributed by atoms with Crippen LogP contribution in [0.25, 0.3) is 22.0 Å². The molecule has 1 aliphatic carbocycles. The van der Waals surface area contributed by atoms with Crippen LogP contribution in [-0.4, -0.2) is 97.4 Å². The first-order valence-corrected chi connectivity index (χ1v) is 14.8. The number of hydrogen-bond acceptors (Lipinski definition) is 6. The van der Waals surface area contributed by atoms with E-state index in [0.29, 0.717) is 0 Å². The number of benzene rings is 2. The predicted molar refractivity (Wildman–Crippen MR) is 162 cm³/mol. The molecule has 3 aromatic rings. The van der Waals surface area contributed by atoms with Gasteiger partial charge >= 0.3 is 23.9 Å². The highest BCUT2D eigenvalue weighted by Crippen LogP contribution is 2.31. The van der Waals surface area contributed by atoms with Gasteiger partial charge in [0, 0.05) is 61.4 Å². The van der Waals surface area contributed by atoms with Gasteiger partial charge in [-0.15, -0.1) is 0 Å². The molecule has 0 radical (unpaired) electrons. The number of piperazine rings is 1. The summed E-state index contributed by atoms with van der Waals surface area (Å²) in [5.74, 6) is -7.48. The van der Waals surface area contributed by atoms with Gasteiger partial charge in [0.1, 0.15) is 5.82 Å². The summed E-state index contributed by atoms with van der Waals surface area (Å²) in [6.45, 7) is 7.23. The average molecular weight is 614 g/mol. The topological polar surface area (TPSA) is 161 Å². The predicted octanol–water partition coefficient (Wildman–Crippen LogP) is 4.49. The molecule has 1 aromatic heterocycles. The molecular weight excluding hydrogens is 573 g/mol. The highest BCUT2D eigenvalue weighted by atomic mass is 19.1. The van der Waals surface area contributed by atoms with Crippen LogP contribution in [0, 0.1) is 5.82 Å². The lowest BCUT2D eigenvalue weighted by atomic mass is 9.94. The fraction of sp³-hybridized carbons (Fsp3) is 0.438. The van der Waals surface area contributed by atoms with Gasteiger partial charge in [-0.3, -0.25) is 4.90 Å². The first-order chi connectivity index (χ1) is 21.1. The van der Waals surface area contributed by atoms with E-state index in [-0.39, 0.29) is 5.82 Å². The smallest absolute Gasteiger partial charge is 0.414 e. The summed E-state index contributed by atoms with van der Waals surface area (Å²) in [6.07, 6.45) is 11.8. The molecule has 0 atom stereocenters. The van der Waals surface area contributed by atoms with Crippen molar-refractivity contribution in [3.05, 3.63) is 60.5 Å². The van der Waals surface area contributed by atoms with E-state index in [0.717, 1.165) is 18.2 Å². The Hall–Kier alpha value is -4.29. The molecule has 1 aliphatic heterocycles. The van der Waals surface area contributed by atoms with E-state index < -0.39 is 23.9 Å². The minimum Gasteiger partial charge on any atom is -0.473 e. The molecule has 44 heavy (non-hydrogen) atoms. The van der Waals surface area contributed by atoms with Crippen LogP contribution in [0.15, 0.2) is 54.7 Å². The lowest BCUT2D eigenvalue weighted by Crippen LogP contribution is -2.50. The van der Waals surface area contributed by atoms with Crippen molar-refractivity contribution in [2.24, 2.45) is 0 Å². The van der Waals surface area contributed by atoms with Gasteiger partial charge in [0.15, 0.2) is 0 Å². The van der Waals surface area contributed by atoms with Crippen LogP contribution in [0.1, 0.15) is 44.9 Å². The Labute approximate surface area is 255 Å². The number of carboxylic acids is 4. The lowest BCUT2D eigenvalue weighted by Gasteiger charge is -2.40. The summed E-state index contributed by atoms with van der Waals surface area (Å²) in [7, 11) is 0. The van der Waals surface area contributed by atoms with Crippen molar-refractivity contribution >= 4 is 34.8 Å². The van der Waals surface area contributed by atoms with Crippen LogP contribution < -0.4 is 0 Å². The van der Waals surface area contributed by atoms with Crippen LogP contribution in [0.2, 0.25) is 0 Å². The van der Waals surface area contributed by atoms with Gasteiger partial charge in [-0.2, -0.15) is 0 Å². The van der Waals surface area contributed by atoms with E-state index in [4.69, 9.17) is 39.6 Å². The largest absolute Gasteiger partial charge is 0.473 e. The zero-order chi connectivity index (χ0) is 32.1. The second kappa shape index (κ2) is 17.1. The average Bonchev–Trinajstić information content (AvgIpc) is 3.39. The molecule has 0 bridgehead atoms. The number of hydrogen-bond donors (Lipinski definition) is 4. The molecule has 2 aliphatic rings. The van der Waals surface area contributed by atoms with Crippen LogP contribution in [-0.2, 0) is 25.7 Å². The van der Waals surface area contributed by atoms with Gasteiger partial charge in [-0.25, -0.2) is 23.6 Å². The highest BCUT2D eigenvalue weighted by Gasteiger charge is 2.24. The SMILES string of the molecule is Fc1ccc(-c2cn(CCCCN3CCN(C4CCCCC4)CC3)c3ccccc23)cc1.O=C(O)C(=O)O.O=C(O)C(=O)O. The summed E-state index contributed by atoms with van der Waals surface area (Å²) in [5, 5.41) is 30.8. The number of halogens is 1. The fourth-order valence-electron chi connectivity index (χ4n) is 5.71. The van der Waals surface area contributed by atoms with Crippen molar-refractivity contribution in [2.45, 2.75) is 57.5 Å². The third kappa shape index (κ3) is 10.5. The molecule has 2 heterocycles. The zero-order valence-corrected chi connectivity index (χ0v) is 24.6. The van der Waals surface area contributed by atoms with Crippen molar-refractivity contribution in [2.75, 3.05) is 32.7 Å². The number of nitrogens with zero attached hydrogens (tertiary/aromatic N) is 3. The van der Waals surface area contributed by atoms with Gasteiger partial charge < -0.3 is 29.9 Å². The Kier molecular flexibility index (Phi) is 13.3. The van der Waals surface area contributed by atoms with Gasteiger partial charge in [0.25, 0.3) is 0 Å². The number of para-hydroxylation sites is 1. The Morgan fingerprint density at radius 3 is 1.82 bits per heavy atom. The second-order valence-electron chi connectivity index (χ2n) is 10.9. The summed E-state index contributed by atoms with van der Waals surface area (Å²) in [4.78, 5) is 41.8. The van der Waals surface area contributed by atoms with Crippen LogP contribution in [0.5, 0.6) is 0 Å². The number of aryl methyl sites for hydroxylation is 1. The molecule has 1 saturated carbocycles. The third-order valence-electron chi connectivity index (χ3n) is 7.93. The number of aliphatic carboxylic acids is 4. The maximum Gasteiger partial charge on any atom is 0.414 e. The molecular formula is C32H40FN3O8. The summed E-state index contributed by atoms with van der Waals surface area (Å²) in [5.41, 5.74) is 3.55. The molecule has 0 unspecified atom stereocenters. The fourth-order valence-corrected chi connectivity index (χ4v) is 5.71. The van der Waals surface area contributed by atoms with Crippen LogP contribution in [0.4, 0.5) is 4.39 Å². The Morgan fingerprint density at radius 2 is 1.25 bits per heavy atom. The van der Waals surface area contributed by atoms with Crippen LogP contribution >= 0.6 is 0 Å². The minimum absolute atomic E-state index is 0.183. The van der Waals surface area contributed by atoms with E-state index >= 15 is 0 Å². The van der Waals surface area contributed by atoms with Gasteiger partial charge in [0.2, 0.25) is 0 Å². The number of fused-ring (bicyclic) bond motifs is 1. The third-order valence-corrected chi connectivity index (χ3v) is 7.93. The molecule has 2 aromatic carbocycles. The maximum atomic E-state index is 13.4. The number of rotatable bonds is 7. The van der Waals surface area contributed by atoms with Crippen molar-refractivity contribution in [1.29, 1.82) is 0 Å². The number of unbranched alkanes of at least 4 members (excludes halogenated alkanes) is 1. The lowest BCUT2D eigenvalue weighted by molar-refractivity contribution is -0.159. The first-order valence-electron chi connectivity index (χ1n) is 14.8. The van der Waals surface area contributed by atoms with Crippen molar-refractivity contribution in [3.63, 3.8) is 0 Å². The molecule has 4 N–H and O–H groups in total. The monoisotopic (exact) mass is 613 g/mol. The molecule has 0 spiro atoms. The molecule has 2 fully saturated rings. The molecule has 5 rings (SSSR count). The van der Waals surface area contributed by atoms with Gasteiger partial charge in [0.05, 0.1) is 0 Å². The first kappa shape index (κ1) is 34.2. The number of carbonyl (C=O) groups is 4. The van der Waals surface area contributed by atoms with E-state index in [1.54, 1.807) is 12.1 Å². The quantitative estimate of drug-likeness (QED) is 0.221. The maximum absolute atomic E-state index is 13.4. The van der Waals surface area contributed by atoms with Gasteiger partial charge in [-0.1, -0.05) is 49.6 Å². The standard InChI is InChI=1S/C28H36FN3.2C2H2O4/c29-24-14-12-23(13-15-24)27-22-32(28-11-5-4-10-26(27)28)17-7-6-16-30-18-20-31(21-19-30)25-8-2-1-3-9-25;2*3-1(4)2(5)6/h4-5,10-15,22,25H,1-3,6-9,16-21H2;2*(H,3,4)(H,5,6). The summed E-state index contributed by atoms with van der Waals surface area (Å²) >= 11 is 0.